The number of carbonyl (C=O) groups is 3. The molecule has 0 radical (unpaired) electrons. The Morgan fingerprint density at radius 2 is 1.40 bits per heavy atom. The maximum atomic E-state index is 15.7. The highest BCUT2D eigenvalue weighted by atomic mass is 19.3. The molecule has 0 spiro atoms. The number of ether oxygens (including phenoxy) is 4. The lowest BCUT2D eigenvalue weighted by atomic mass is 9.95. The largest absolute Gasteiger partial charge is 0.489 e. The van der Waals surface area contributed by atoms with Crippen LogP contribution in [0.2, 0.25) is 0 Å². The molecule has 52 heavy (non-hydrogen) atoms. The van der Waals surface area contributed by atoms with Crippen molar-refractivity contribution in [3.63, 3.8) is 0 Å². The number of aliphatic hydroxyl groups is 1. The number of nitrogens with one attached hydrogen (secondary N) is 3. The summed E-state index contributed by atoms with van der Waals surface area (Å²) >= 11 is 0. The van der Waals surface area contributed by atoms with Gasteiger partial charge in [-0.3, -0.25) is 9.59 Å². The molecule has 0 saturated carbocycles. The zero-order valence-corrected chi connectivity index (χ0v) is 28.7. The molecule has 0 saturated heterocycles. The van der Waals surface area contributed by atoms with Gasteiger partial charge < -0.3 is 40.0 Å². The molecule has 13 heteroatoms. The highest BCUT2D eigenvalue weighted by Crippen LogP contribution is 2.32. The lowest BCUT2D eigenvalue weighted by molar-refractivity contribution is -0.168. The number of hydrogen-bond acceptors (Lipinski definition) is 8. The lowest BCUT2D eigenvalue weighted by Gasteiger charge is -2.31. The fourth-order valence-corrected chi connectivity index (χ4v) is 5.40. The molecular weight excluding hydrogens is 676 g/mol. The van der Waals surface area contributed by atoms with Gasteiger partial charge in [0.25, 0.3) is 5.91 Å². The minimum atomic E-state index is -4.34. The van der Waals surface area contributed by atoms with E-state index in [-0.39, 0.29) is 26.4 Å². The maximum Gasteiger partial charge on any atom is 0.408 e. The summed E-state index contributed by atoms with van der Waals surface area (Å²) in [7, 11) is 0. The van der Waals surface area contributed by atoms with Gasteiger partial charge in [0.2, 0.25) is 12.7 Å². The van der Waals surface area contributed by atoms with Gasteiger partial charge in [0.15, 0.2) is 11.5 Å². The van der Waals surface area contributed by atoms with E-state index < -0.39 is 47.9 Å². The third-order valence-electron chi connectivity index (χ3n) is 8.34. The highest BCUT2D eigenvalue weighted by Gasteiger charge is 2.50. The Kier molecular flexibility index (Phi) is 12.6. The van der Waals surface area contributed by atoms with Gasteiger partial charge in [0, 0.05) is 6.54 Å². The fraction of sp³-hybridized carbons (Fsp3) is 0.308. The normalized spacial score (nSPS) is 13.8. The van der Waals surface area contributed by atoms with E-state index in [9.17, 15) is 19.5 Å². The molecular formula is C39H41F2N3O8. The molecule has 4 aromatic carbocycles. The Morgan fingerprint density at radius 3 is 2.06 bits per heavy atom. The van der Waals surface area contributed by atoms with Gasteiger partial charge in [0.05, 0.1) is 6.04 Å². The quantitative estimate of drug-likeness (QED) is 0.123. The molecule has 0 aromatic heterocycles. The number of benzene rings is 4. The average molecular weight is 718 g/mol. The standard InChI is InChI=1S/C39H41F2N3O8/c1-25(2)34(44-38(48)50-23-28-11-7-4-8-12-28)36(46)43-31(19-26-13-16-30(17-14-26)49-22-27-9-5-3-6-10-27)35(45)39(40,41)37(47)42-21-29-15-18-32-33(20-29)52-24-51-32/h3-18,20,25,31,34-35,45H,19,21-24H2,1-2H3,(H,42,47)(H,43,46)(H,44,48)/t31?,34-,35?/m0/s1. The molecule has 1 aliphatic rings. The topological polar surface area (TPSA) is 144 Å². The van der Waals surface area contributed by atoms with Crippen LogP contribution in [0.5, 0.6) is 17.2 Å². The van der Waals surface area contributed by atoms with Crippen LogP contribution >= 0.6 is 0 Å². The number of halogens is 2. The van der Waals surface area contributed by atoms with E-state index in [4.69, 9.17) is 18.9 Å². The Labute approximate surface area is 300 Å². The predicted octanol–water partition coefficient (Wildman–Crippen LogP) is 5.29. The lowest BCUT2D eigenvalue weighted by Crippen LogP contribution is -2.61. The molecule has 274 valence electrons. The van der Waals surface area contributed by atoms with Crippen LogP contribution in [0, 0.1) is 5.92 Å². The number of rotatable bonds is 16. The molecule has 11 nitrogen and oxygen atoms in total. The average Bonchev–Trinajstić information content (AvgIpc) is 3.63. The number of amides is 3. The van der Waals surface area contributed by atoms with E-state index in [0.29, 0.717) is 35.0 Å². The summed E-state index contributed by atoms with van der Waals surface area (Å²) in [4.78, 5) is 39.1. The first kappa shape index (κ1) is 37.6. The first-order valence-electron chi connectivity index (χ1n) is 16.8. The Bertz CT molecular complexity index is 1790. The van der Waals surface area contributed by atoms with Crippen LogP contribution in [-0.4, -0.2) is 53.9 Å². The van der Waals surface area contributed by atoms with Crippen molar-refractivity contribution in [3.8, 4) is 17.2 Å². The van der Waals surface area contributed by atoms with Crippen molar-refractivity contribution in [2.24, 2.45) is 5.92 Å². The SMILES string of the molecule is CC(C)[C@H](NC(=O)OCc1ccccc1)C(=O)NC(Cc1ccc(OCc2ccccc2)cc1)C(O)C(F)(F)C(=O)NCc1ccc2c(c1)OCO2. The van der Waals surface area contributed by atoms with Gasteiger partial charge in [-0.2, -0.15) is 8.78 Å². The minimum absolute atomic E-state index is 0.0218. The predicted molar refractivity (Wildman–Crippen MR) is 187 cm³/mol. The Balaban J connectivity index is 1.28. The second-order valence-corrected chi connectivity index (χ2v) is 12.6. The van der Waals surface area contributed by atoms with Crippen molar-refractivity contribution < 1.29 is 47.2 Å². The monoisotopic (exact) mass is 717 g/mol. The van der Waals surface area contributed by atoms with E-state index in [1.165, 1.54) is 0 Å². The number of aliphatic hydroxyl groups excluding tert-OH is 1. The molecule has 3 amide bonds. The second-order valence-electron chi connectivity index (χ2n) is 12.6. The van der Waals surface area contributed by atoms with Crippen LogP contribution in [0.1, 0.15) is 36.1 Å². The summed E-state index contributed by atoms with van der Waals surface area (Å²) in [5.41, 5.74) is 2.60. The number of alkyl carbamates (subject to hydrolysis) is 1. The molecule has 1 heterocycles. The first-order chi connectivity index (χ1) is 25.0. The van der Waals surface area contributed by atoms with Crippen molar-refractivity contribution in [2.75, 3.05) is 6.79 Å². The highest BCUT2D eigenvalue weighted by molar-refractivity contribution is 5.87. The second kappa shape index (κ2) is 17.5. The molecule has 4 aromatic rings. The van der Waals surface area contributed by atoms with Gasteiger partial charge in [0.1, 0.15) is 31.1 Å². The summed E-state index contributed by atoms with van der Waals surface area (Å²) < 4.78 is 53.1. The van der Waals surface area contributed by atoms with Gasteiger partial charge in [-0.25, -0.2) is 4.79 Å². The summed E-state index contributed by atoms with van der Waals surface area (Å²) in [5, 5.41) is 18.2. The van der Waals surface area contributed by atoms with Gasteiger partial charge in [-0.05, 0) is 58.9 Å². The van der Waals surface area contributed by atoms with E-state index in [1.54, 1.807) is 80.6 Å². The van der Waals surface area contributed by atoms with Gasteiger partial charge in [-0.1, -0.05) is 92.7 Å². The molecule has 0 bridgehead atoms. The molecule has 4 N–H and O–H groups in total. The maximum absolute atomic E-state index is 15.7. The molecule has 0 aliphatic carbocycles. The third kappa shape index (κ3) is 10.2. The van der Waals surface area contributed by atoms with Gasteiger partial charge >= 0.3 is 12.0 Å². The Hall–Kier alpha value is -5.69. The van der Waals surface area contributed by atoms with Crippen molar-refractivity contribution in [1.82, 2.24) is 16.0 Å². The van der Waals surface area contributed by atoms with Crippen molar-refractivity contribution in [1.29, 1.82) is 0 Å². The van der Waals surface area contributed by atoms with E-state index >= 15 is 8.78 Å². The van der Waals surface area contributed by atoms with Crippen LogP contribution < -0.4 is 30.2 Å². The molecule has 0 fully saturated rings. The molecule has 5 rings (SSSR count). The minimum Gasteiger partial charge on any atom is -0.489 e. The van der Waals surface area contributed by atoms with Crippen LogP contribution in [0.25, 0.3) is 0 Å². The summed E-state index contributed by atoms with van der Waals surface area (Å²) in [5.74, 6) is -6.03. The number of alkyl halides is 2. The van der Waals surface area contributed by atoms with Crippen LogP contribution in [0.15, 0.2) is 103 Å². The van der Waals surface area contributed by atoms with Crippen LogP contribution in [0.4, 0.5) is 13.6 Å². The van der Waals surface area contributed by atoms with E-state index in [0.717, 1.165) is 11.1 Å². The smallest absolute Gasteiger partial charge is 0.408 e. The number of carbonyl (C=O) groups excluding carboxylic acids is 3. The summed E-state index contributed by atoms with van der Waals surface area (Å²) in [6.07, 6.45) is -3.85. The third-order valence-corrected chi connectivity index (χ3v) is 8.34. The van der Waals surface area contributed by atoms with E-state index in [2.05, 4.69) is 16.0 Å². The van der Waals surface area contributed by atoms with Crippen molar-refractivity contribution in [2.45, 2.75) is 64.1 Å². The molecule has 2 unspecified atom stereocenters. The van der Waals surface area contributed by atoms with E-state index in [1.807, 2.05) is 36.4 Å². The van der Waals surface area contributed by atoms with Crippen molar-refractivity contribution in [3.05, 3.63) is 125 Å². The summed E-state index contributed by atoms with van der Waals surface area (Å²) in [6.45, 7) is 3.29. The molecule has 3 atom stereocenters. The zero-order valence-electron chi connectivity index (χ0n) is 28.7. The molecule has 1 aliphatic heterocycles. The zero-order chi connectivity index (χ0) is 37.1. The number of hydrogen-bond donors (Lipinski definition) is 4. The van der Waals surface area contributed by atoms with Gasteiger partial charge in [-0.15, -0.1) is 0 Å². The van der Waals surface area contributed by atoms with Crippen LogP contribution in [0.3, 0.4) is 0 Å². The van der Waals surface area contributed by atoms with Crippen molar-refractivity contribution >= 4 is 17.9 Å². The first-order valence-corrected chi connectivity index (χ1v) is 16.8. The fourth-order valence-electron chi connectivity index (χ4n) is 5.40. The van der Waals surface area contributed by atoms with Crippen LogP contribution in [-0.2, 0) is 40.5 Å². The number of fused-ring (bicyclic) bond motifs is 1. The Morgan fingerprint density at radius 1 is 0.788 bits per heavy atom. The summed E-state index contributed by atoms with van der Waals surface area (Å²) in [6, 6.07) is 26.8.